The molecule has 6 N–H and O–H groups in total. The van der Waals surface area contributed by atoms with Gasteiger partial charge >= 0.3 is 5.97 Å². The van der Waals surface area contributed by atoms with E-state index in [0.717, 1.165) is 16.7 Å². The molecule has 2 aliphatic rings. The van der Waals surface area contributed by atoms with Crippen LogP contribution in [-0.4, -0.2) is 58.7 Å². The molecule has 4 heterocycles. The number of carbonyl (C=O) groups is 6. The molecule has 12 nitrogen and oxygen atoms in total. The van der Waals surface area contributed by atoms with Crippen LogP contribution in [0.2, 0.25) is 0 Å². The van der Waals surface area contributed by atoms with Crippen LogP contribution >= 0.6 is 22.7 Å². The van der Waals surface area contributed by atoms with Crippen molar-refractivity contribution in [3.8, 4) is 11.1 Å². The van der Waals surface area contributed by atoms with Crippen molar-refractivity contribution in [2.24, 2.45) is 0 Å². The number of benzene rings is 3. The monoisotopic (exact) mass is 777 g/mol. The van der Waals surface area contributed by atoms with Crippen molar-refractivity contribution in [2.75, 3.05) is 5.32 Å². The summed E-state index contributed by atoms with van der Waals surface area (Å²) in [7, 11) is 0. The summed E-state index contributed by atoms with van der Waals surface area (Å²) in [5.74, 6) is -4.33. The highest BCUT2D eigenvalue weighted by atomic mass is 32.1. The van der Waals surface area contributed by atoms with Gasteiger partial charge in [0.25, 0.3) is 0 Å². The third kappa shape index (κ3) is 10.7. The van der Waals surface area contributed by atoms with Gasteiger partial charge in [-0.1, -0.05) is 72.8 Å². The number of nitrogens with one attached hydrogen (secondary N) is 5. The van der Waals surface area contributed by atoms with Crippen LogP contribution in [0.15, 0.2) is 113 Å². The zero-order chi connectivity index (χ0) is 38.7. The van der Waals surface area contributed by atoms with Crippen molar-refractivity contribution in [3.05, 3.63) is 135 Å². The molecule has 0 saturated heterocycles. The van der Waals surface area contributed by atoms with E-state index in [9.17, 15) is 33.9 Å². The van der Waals surface area contributed by atoms with Gasteiger partial charge in [0.05, 0.1) is 0 Å². The molecule has 1 unspecified atom stereocenters. The Morgan fingerprint density at radius 3 is 1.95 bits per heavy atom. The van der Waals surface area contributed by atoms with E-state index in [1.165, 1.54) is 22.7 Å². The number of hydrogen-bond donors (Lipinski definition) is 6. The zero-order valence-electron chi connectivity index (χ0n) is 29.5. The number of aliphatic carboxylic acids is 1. The number of carboxylic acid groups (broad SMARTS) is 1. The molecule has 4 atom stereocenters. The summed E-state index contributed by atoms with van der Waals surface area (Å²) in [6.45, 7) is 0. The zero-order valence-corrected chi connectivity index (χ0v) is 31.2. The van der Waals surface area contributed by atoms with Gasteiger partial charge in [-0.15, -0.1) is 11.3 Å². The Morgan fingerprint density at radius 1 is 0.636 bits per heavy atom. The Kier molecular flexibility index (Phi) is 12.8. The van der Waals surface area contributed by atoms with Crippen LogP contribution in [0, 0.1) is 0 Å². The quantitative estimate of drug-likeness (QED) is 0.130. The lowest BCUT2D eigenvalue weighted by atomic mass is 9.99. The molecule has 14 heteroatoms. The van der Waals surface area contributed by atoms with E-state index in [-0.39, 0.29) is 32.1 Å². The molecule has 2 bridgehead atoms. The predicted octanol–water partition coefficient (Wildman–Crippen LogP) is 4.63. The van der Waals surface area contributed by atoms with E-state index in [1.54, 1.807) is 47.8 Å². The number of rotatable bonds is 7. The van der Waals surface area contributed by atoms with Crippen molar-refractivity contribution < 1.29 is 33.9 Å². The highest BCUT2D eigenvalue weighted by molar-refractivity contribution is 7.10. The Hall–Kier alpha value is -6.12. The maximum Gasteiger partial charge on any atom is 0.326 e. The minimum Gasteiger partial charge on any atom is -0.480 e. The lowest BCUT2D eigenvalue weighted by molar-refractivity contribution is -0.142. The lowest BCUT2D eigenvalue weighted by Gasteiger charge is -2.26. The molecule has 0 radical (unpaired) electrons. The van der Waals surface area contributed by atoms with Gasteiger partial charge in [-0.2, -0.15) is 11.3 Å². The minimum absolute atomic E-state index is 0.0261. The van der Waals surface area contributed by atoms with Crippen LogP contribution in [-0.2, 0) is 48.0 Å². The summed E-state index contributed by atoms with van der Waals surface area (Å²) in [6, 6.07) is 24.0. The smallest absolute Gasteiger partial charge is 0.326 e. The van der Waals surface area contributed by atoms with Crippen molar-refractivity contribution in [3.63, 3.8) is 0 Å². The van der Waals surface area contributed by atoms with Gasteiger partial charge in [-0.25, -0.2) is 4.79 Å². The predicted molar refractivity (Wildman–Crippen MR) is 210 cm³/mol. The van der Waals surface area contributed by atoms with E-state index in [4.69, 9.17) is 0 Å². The third-order valence-corrected chi connectivity index (χ3v) is 10.7. The highest BCUT2D eigenvalue weighted by Gasteiger charge is 2.33. The highest BCUT2D eigenvalue weighted by Crippen LogP contribution is 2.23. The topological polar surface area (TPSA) is 183 Å². The fraction of sp³-hybridized carbons (Fsp3) is 0.220. The Labute approximate surface area is 325 Å². The van der Waals surface area contributed by atoms with Gasteiger partial charge in [0, 0.05) is 42.7 Å². The lowest BCUT2D eigenvalue weighted by Crippen LogP contribution is -2.58. The van der Waals surface area contributed by atoms with E-state index < -0.39 is 59.7 Å². The third-order valence-electron chi connectivity index (χ3n) is 9.05. The van der Waals surface area contributed by atoms with E-state index in [2.05, 4.69) is 26.6 Å². The summed E-state index contributed by atoms with van der Waals surface area (Å²) < 4.78 is 0. The van der Waals surface area contributed by atoms with Gasteiger partial charge in [-0.3, -0.25) is 24.0 Å². The molecule has 0 spiro atoms. The molecule has 2 aromatic heterocycles. The summed E-state index contributed by atoms with van der Waals surface area (Å²) >= 11 is 2.65. The fourth-order valence-corrected chi connectivity index (χ4v) is 7.58. The fourth-order valence-electron chi connectivity index (χ4n) is 6.13. The molecule has 0 saturated carbocycles. The van der Waals surface area contributed by atoms with Crippen LogP contribution in [0.25, 0.3) is 11.1 Å². The number of carbonyl (C=O) groups excluding carboxylic acids is 5. The molecule has 0 aliphatic carbocycles. The molecule has 7 rings (SSSR count). The molecular formula is C41H39N5O7S2. The maximum absolute atomic E-state index is 14.3. The van der Waals surface area contributed by atoms with Crippen molar-refractivity contribution in [1.29, 1.82) is 0 Å². The normalized spacial score (nSPS) is 20.3. The first-order valence-corrected chi connectivity index (χ1v) is 19.4. The second kappa shape index (κ2) is 18.3. The Morgan fingerprint density at radius 2 is 1.29 bits per heavy atom. The van der Waals surface area contributed by atoms with Crippen LogP contribution in [0.3, 0.4) is 0 Å². The Balaban J connectivity index is 1.33. The van der Waals surface area contributed by atoms with Gasteiger partial charge in [-0.05, 0) is 68.2 Å². The van der Waals surface area contributed by atoms with E-state index in [1.807, 2.05) is 65.4 Å². The van der Waals surface area contributed by atoms with Gasteiger partial charge in [0.2, 0.25) is 29.5 Å². The van der Waals surface area contributed by atoms with Crippen molar-refractivity contribution in [2.45, 2.75) is 56.3 Å². The largest absolute Gasteiger partial charge is 0.480 e. The van der Waals surface area contributed by atoms with Crippen LogP contribution in [0.5, 0.6) is 0 Å². The van der Waals surface area contributed by atoms with Crippen molar-refractivity contribution >= 4 is 63.9 Å². The van der Waals surface area contributed by atoms with Gasteiger partial charge in [0.15, 0.2) is 0 Å². The van der Waals surface area contributed by atoms with E-state index in [0.29, 0.717) is 21.7 Å². The van der Waals surface area contributed by atoms with Crippen molar-refractivity contribution in [1.82, 2.24) is 21.3 Å². The van der Waals surface area contributed by atoms with E-state index >= 15 is 0 Å². The van der Waals surface area contributed by atoms with Gasteiger partial charge < -0.3 is 31.7 Å². The molecule has 5 aromatic rings. The number of hydrogen-bond acceptors (Lipinski definition) is 8. The van der Waals surface area contributed by atoms with Gasteiger partial charge in [0.1, 0.15) is 24.2 Å². The van der Waals surface area contributed by atoms with Crippen LogP contribution < -0.4 is 26.6 Å². The molecular weight excluding hydrogens is 739 g/mol. The summed E-state index contributed by atoms with van der Waals surface area (Å²) in [6.07, 6.45) is -0.374. The average Bonchev–Trinajstić information content (AvgIpc) is 3.92. The molecule has 3 aromatic carbocycles. The summed E-state index contributed by atoms with van der Waals surface area (Å²) in [5, 5.41) is 29.2. The molecule has 2 aliphatic heterocycles. The number of fused-ring (bicyclic) bond motifs is 18. The first-order valence-electron chi connectivity index (χ1n) is 17.6. The standard InChI is InChI=1S/C41H39N5O7S2/c47-35-16-17-36(48)46-37(34-7-4-19-55-34)40(51)44-31(21-25-8-12-29(13-9-25)28-5-2-1-3-6-28)38(49)43-32(23-27-18-20-54-24-27)39(50)45-33(41(52)53)22-26-10-14-30(42-35)15-11-26/h1-15,18-20,24,31-33,37H,16-17,21-23H2,(H,42,47)(H,43,49)(H,44,51)(H,45,50)(H,46,48)(H,52,53)/t31-,32+,33-,37?/m0/s1. The molecule has 0 fully saturated rings. The van der Waals surface area contributed by atoms with Crippen LogP contribution in [0.4, 0.5) is 5.69 Å². The molecule has 5 amide bonds. The SMILES string of the molecule is O=C1CCC(=O)NC(c2cccs2)C(=O)N[C@@H](Cc2ccc(-c3ccccc3)cc2)C(=O)N[C@H](Cc2ccsc2)C(=O)N[C@H](C(=O)O)Cc2ccc(cc2)N1. The number of anilines is 1. The summed E-state index contributed by atoms with van der Waals surface area (Å²) in [4.78, 5) is 81.1. The molecule has 55 heavy (non-hydrogen) atoms. The maximum atomic E-state index is 14.3. The average molecular weight is 778 g/mol. The number of carboxylic acids is 1. The Bertz CT molecular complexity index is 2110. The number of thiophene rings is 2. The number of amides is 5. The van der Waals surface area contributed by atoms with Crippen LogP contribution in [0.1, 0.15) is 40.5 Å². The second-order valence-corrected chi connectivity index (χ2v) is 14.8. The summed E-state index contributed by atoms with van der Waals surface area (Å²) in [5.41, 5.74) is 4.43. The molecule has 282 valence electrons. The first-order chi connectivity index (χ1) is 26.6. The minimum atomic E-state index is -1.34. The first kappa shape index (κ1) is 38.6. The second-order valence-electron chi connectivity index (χ2n) is 13.1.